The van der Waals surface area contributed by atoms with Gasteiger partial charge in [0.2, 0.25) is 0 Å². The number of ketones is 1. The zero-order chi connectivity index (χ0) is 15.9. The molecule has 0 bridgehead atoms. The molecule has 0 saturated carbocycles. The van der Waals surface area contributed by atoms with E-state index in [9.17, 15) is 9.18 Å². The van der Waals surface area contributed by atoms with Crippen molar-refractivity contribution in [2.75, 3.05) is 12.8 Å². The van der Waals surface area contributed by atoms with Crippen molar-refractivity contribution in [1.29, 1.82) is 0 Å². The van der Waals surface area contributed by atoms with E-state index in [1.807, 2.05) is 18.7 Å². The molecule has 0 fully saturated rings. The topological polar surface area (TPSA) is 59.8 Å². The monoisotopic (exact) mass is 322 g/mol. The molecule has 0 aliphatic rings. The van der Waals surface area contributed by atoms with Crippen LogP contribution >= 0.6 is 11.8 Å². The van der Waals surface area contributed by atoms with E-state index in [-0.39, 0.29) is 11.6 Å². The zero-order valence-electron chi connectivity index (χ0n) is 12.7. The first kappa shape index (κ1) is 16.6. The van der Waals surface area contributed by atoms with Crippen molar-refractivity contribution in [2.24, 2.45) is 7.05 Å². The van der Waals surface area contributed by atoms with Gasteiger partial charge in [0, 0.05) is 24.8 Å². The maximum Gasteiger partial charge on any atom is 0.190 e. The smallest absolute Gasteiger partial charge is 0.190 e. The largest absolute Gasteiger partial charge is 0.313 e. The van der Waals surface area contributed by atoms with E-state index < -0.39 is 0 Å². The highest BCUT2D eigenvalue weighted by molar-refractivity contribution is 7.99. The normalized spacial score (nSPS) is 10.9. The van der Waals surface area contributed by atoms with Crippen LogP contribution in [0.2, 0.25) is 0 Å². The molecule has 1 aromatic heterocycles. The van der Waals surface area contributed by atoms with E-state index in [1.54, 1.807) is 11.8 Å². The average molecular weight is 322 g/mol. The summed E-state index contributed by atoms with van der Waals surface area (Å²) in [4.78, 5) is 12.0. The lowest BCUT2D eigenvalue weighted by Crippen LogP contribution is -2.10. The molecule has 5 nitrogen and oxygen atoms in total. The number of carbonyl (C=O) groups excluding carboxylic acids is 1. The Labute approximate surface area is 133 Å². The van der Waals surface area contributed by atoms with Crippen LogP contribution in [-0.2, 0) is 13.6 Å². The van der Waals surface area contributed by atoms with Crippen molar-refractivity contribution >= 4 is 17.5 Å². The number of benzene rings is 1. The van der Waals surface area contributed by atoms with Crippen LogP contribution < -0.4 is 5.32 Å². The van der Waals surface area contributed by atoms with Crippen LogP contribution in [0.4, 0.5) is 4.39 Å². The van der Waals surface area contributed by atoms with E-state index in [0.717, 1.165) is 23.2 Å². The molecule has 118 valence electrons. The number of aromatic nitrogens is 3. The Kier molecular flexibility index (Phi) is 6.09. The van der Waals surface area contributed by atoms with Crippen LogP contribution in [0.1, 0.15) is 29.0 Å². The molecule has 0 aliphatic heterocycles. The number of nitrogens with one attached hydrogen (secondary N) is 1. The van der Waals surface area contributed by atoms with E-state index in [2.05, 4.69) is 15.5 Å². The molecule has 0 aliphatic carbocycles. The van der Waals surface area contributed by atoms with E-state index >= 15 is 0 Å². The number of carbonyl (C=O) groups is 1. The average Bonchev–Trinajstić information content (AvgIpc) is 2.85. The Morgan fingerprint density at radius 3 is 2.73 bits per heavy atom. The van der Waals surface area contributed by atoms with Gasteiger partial charge in [-0.25, -0.2) is 4.39 Å². The Hall–Kier alpha value is -1.73. The molecule has 0 amide bonds. The van der Waals surface area contributed by atoms with Crippen LogP contribution in [0.25, 0.3) is 0 Å². The summed E-state index contributed by atoms with van der Waals surface area (Å²) in [5, 5.41) is 12.1. The third kappa shape index (κ3) is 4.38. The van der Waals surface area contributed by atoms with Crippen molar-refractivity contribution in [3.05, 3.63) is 41.5 Å². The van der Waals surface area contributed by atoms with E-state index in [0.29, 0.717) is 18.5 Å². The molecule has 1 aromatic carbocycles. The predicted molar refractivity (Wildman–Crippen MR) is 84.5 cm³/mol. The quantitative estimate of drug-likeness (QED) is 0.459. The van der Waals surface area contributed by atoms with Gasteiger partial charge in [-0.15, -0.1) is 10.2 Å². The third-order valence-electron chi connectivity index (χ3n) is 3.21. The van der Waals surface area contributed by atoms with Crippen LogP contribution in [0.3, 0.4) is 0 Å². The summed E-state index contributed by atoms with van der Waals surface area (Å²) in [5.41, 5.74) is 0.557. The Bertz CT molecular complexity index is 627. The first-order chi connectivity index (χ1) is 10.6. The molecule has 2 aromatic rings. The summed E-state index contributed by atoms with van der Waals surface area (Å²) >= 11 is 1.58. The Balaban J connectivity index is 1.77. The van der Waals surface area contributed by atoms with Gasteiger partial charge in [0.25, 0.3) is 0 Å². The predicted octanol–water partition coefficient (Wildman–Crippen LogP) is 2.43. The molecule has 1 heterocycles. The van der Waals surface area contributed by atoms with Gasteiger partial charge in [0.1, 0.15) is 11.6 Å². The molecule has 0 atom stereocenters. The second kappa shape index (κ2) is 8.05. The van der Waals surface area contributed by atoms with Crippen LogP contribution in [-0.4, -0.2) is 33.3 Å². The number of hydrogen-bond acceptors (Lipinski definition) is 5. The van der Waals surface area contributed by atoms with Crippen LogP contribution in [0.15, 0.2) is 29.4 Å². The number of Topliss-reactive ketones (excluding diaryl/α,β-unsaturated/α-hetero) is 1. The fourth-order valence-corrected chi connectivity index (χ4v) is 2.83. The SMILES string of the molecule is CNCc1nnc(SCCCC(=O)c2ccc(F)cc2)n1C. The molecule has 22 heavy (non-hydrogen) atoms. The van der Waals surface area contributed by atoms with Crippen LogP contribution in [0.5, 0.6) is 0 Å². The molecule has 0 spiro atoms. The highest BCUT2D eigenvalue weighted by Crippen LogP contribution is 2.18. The molecule has 0 saturated heterocycles. The number of nitrogens with zero attached hydrogens (tertiary/aromatic N) is 3. The van der Waals surface area contributed by atoms with Gasteiger partial charge in [-0.1, -0.05) is 11.8 Å². The van der Waals surface area contributed by atoms with E-state index in [4.69, 9.17) is 0 Å². The number of rotatable bonds is 8. The fourth-order valence-electron chi connectivity index (χ4n) is 1.96. The summed E-state index contributed by atoms with van der Waals surface area (Å²) in [5.74, 6) is 1.38. The summed E-state index contributed by atoms with van der Waals surface area (Å²) in [7, 11) is 3.79. The maximum absolute atomic E-state index is 12.8. The van der Waals surface area contributed by atoms with Crippen molar-refractivity contribution in [1.82, 2.24) is 20.1 Å². The summed E-state index contributed by atoms with van der Waals surface area (Å²) in [6.07, 6.45) is 1.19. The minimum Gasteiger partial charge on any atom is -0.313 e. The third-order valence-corrected chi connectivity index (χ3v) is 4.31. The highest BCUT2D eigenvalue weighted by atomic mass is 32.2. The Morgan fingerprint density at radius 1 is 1.32 bits per heavy atom. The van der Waals surface area contributed by atoms with Gasteiger partial charge in [-0.2, -0.15) is 0 Å². The van der Waals surface area contributed by atoms with Crippen molar-refractivity contribution in [2.45, 2.75) is 24.5 Å². The van der Waals surface area contributed by atoms with Gasteiger partial charge in [-0.05, 0) is 37.7 Å². The molecule has 7 heteroatoms. The molecule has 1 N–H and O–H groups in total. The summed E-state index contributed by atoms with van der Waals surface area (Å²) in [6.45, 7) is 0.674. The highest BCUT2D eigenvalue weighted by Gasteiger charge is 2.09. The minimum absolute atomic E-state index is 0.0365. The first-order valence-corrected chi connectivity index (χ1v) is 8.05. The molecule has 0 unspecified atom stereocenters. The number of hydrogen-bond donors (Lipinski definition) is 1. The maximum atomic E-state index is 12.8. The molecule has 0 radical (unpaired) electrons. The number of thioether (sulfide) groups is 1. The second-order valence-corrected chi connectivity index (χ2v) is 5.93. The van der Waals surface area contributed by atoms with Gasteiger partial charge in [0.15, 0.2) is 10.9 Å². The van der Waals surface area contributed by atoms with E-state index in [1.165, 1.54) is 24.3 Å². The van der Waals surface area contributed by atoms with Gasteiger partial charge >= 0.3 is 0 Å². The minimum atomic E-state index is -0.327. The van der Waals surface area contributed by atoms with Gasteiger partial charge < -0.3 is 9.88 Å². The summed E-state index contributed by atoms with van der Waals surface area (Å²) in [6, 6.07) is 5.67. The van der Waals surface area contributed by atoms with Crippen molar-refractivity contribution in [3.8, 4) is 0 Å². The lowest BCUT2D eigenvalue weighted by Gasteiger charge is -2.03. The zero-order valence-corrected chi connectivity index (χ0v) is 13.5. The second-order valence-electron chi connectivity index (χ2n) is 4.87. The molecular formula is C15H19FN4OS. The summed E-state index contributed by atoms with van der Waals surface area (Å²) < 4.78 is 14.8. The van der Waals surface area contributed by atoms with Gasteiger partial charge in [0.05, 0.1) is 6.54 Å². The molecule has 2 rings (SSSR count). The fraction of sp³-hybridized carbons (Fsp3) is 0.400. The van der Waals surface area contributed by atoms with Crippen LogP contribution in [0, 0.1) is 5.82 Å². The lowest BCUT2D eigenvalue weighted by molar-refractivity contribution is 0.0982. The standard InChI is InChI=1S/C15H19FN4OS/c1-17-10-14-18-19-15(20(14)2)22-9-3-4-13(21)11-5-7-12(16)8-6-11/h5-8,17H,3-4,9-10H2,1-2H3. The molecular weight excluding hydrogens is 303 g/mol. The van der Waals surface area contributed by atoms with Gasteiger partial charge in [-0.3, -0.25) is 4.79 Å². The Morgan fingerprint density at radius 2 is 2.05 bits per heavy atom. The van der Waals surface area contributed by atoms with Crippen molar-refractivity contribution < 1.29 is 9.18 Å². The first-order valence-electron chi connectivity index (χ1n) is 7.06. The lowest BCUT2D eigenvalue weighted by atomic mass is 10.1. The number of halogens is 1. The van der Waals surface area contributed by atoms with Crippen molar-refractivity contribution in [3.63, 3.8) is 0 Å².